The van der Waals surface area contributed by atoms with Crippen molar-refractivity contribution in [2.45, 2.75) is 20.0 Å². The maximum absolute atomic E-state index is 8.95. The molecule has 0 saturated carbocycles. The van der Waals surface area contributed by atoms with Crippen LogP contribution in [0.15, 0.2) is 0 Å². The van der Waals surface area contributed by atoms with Crippen LogP contribution in [0.25, 0.3) is 0 Å². The van der Waals surface area contributed by atoms with Gasteiger partial charge in [-0.15, -0.1) is 0 Å². The number of nitrogens with two attached hydrogens (primary N) is 1. The van der Waals surface area contributed by atoms with Crippen LogP contribution in [0.5, 0.6) is 0 Å². The molecule has 4 N–H and O–H groups in total. The molecule has 0 heterocycles. The Kier molecular flexibility index (Phi) is 3.42. The summed E-state index contributed by atoms with van der Waals surface area (Å²) in [6.45, 7) is 3.87. The molecule has 0 aromatic heterocycles. The van der Waals surface area contributed by atoms with Gasteiger partial charge in [-0.3, -0.25) is 0 Å². The fourth-order valence-corrected chi connectivity index (χ4v) is 0.512. The number of rotatable bonds is 3. The van der Waals surface area contributed by atoms with Crippen LogP contribution in [0.3, 0.4) is 0 Å². The quantitative estimate of drug-likeness (QED) is 0.470. The molecular weight excluding hydrogens is 116 g/mol. The van der Waals surface area contributed by atoms with Crippen LogP contribution < -0.4 is 5.73 Å². The molecular formula is C6H14N2O. The standard InChI is InChI=1S/C6H14N2O/c1-4(2)6(8)5(9)3-7/h4-5,8-9H,3,7H2,1-2H3. The molecule has 0 amide bonds. The average Bonchev–Trinajstić information content (AvgIpc) is 1.84. The zero-order chi connectivity index (χ0) is 7.44. The van der Waals surface area contributed by atoms with Crippen molar-refractivity contribution >= 4 is 5.71 Å². The number of aliphatic hydroxyl groups excluding tert-OH is 1. The van der Waals surface area contributed by atoms with Crippen molar-refractivity contribution < 1.29 is 5.11 Å². The molecule has 1 unspecified atom stereocenters. The van der Waals surface area contributed by atoms with Gasteiger partial charge in [-0.2, -0.15) is 0 Å². The lowest BCUT2D eigenvalue weighted by Gasteiger charge is -2.11. The van der Waals surface area contributed by atoms with E-state index in [4.69, 9.17) is 16.2 Å². The molecule has 0 aliphatic carbocycles. The van der Waals surface area contributed by atoms with Crippen molar-refractivity contribution in [2.75, 3.05) is 6.54 Å². The predicted molar refractivity (Wildman–Crippen MR) is 37.6 cm³/mol. The van der Waals surface area contributed by atoms with Crippen molar-refractivity contribution in [3.8, 4) is 0 Å². The van der Waals surface area contributed by atoms with Gasteiger partial charge in [0.1, 0.15) is 6.10 Å². The summed E-state index contributed by atoms with van der Waals surface area (Å²) in [6, 6.07) is 0. The van der Waals surface area contributed by atoms with Crippen molar-refractivity contribution in [3.63, 3.8) is 0 Å². The zero-order valence-corrected chi connectivity index (χ0v) is 5.89. The number of hydrogen-bond acceptors (Lipinski definition) is 3. The Morgan fingerprint density at radius 3 is 2.22 bits per heavy atom. The van der Waals surface area contributed by atoms with Crippen molar-refractivity contribution in [3.05, 3.63) is 0 Å². The molecule has 0 rings (SSSR count). The molecule has 0 aromatic carbocycles. The van der Waals surface area contributed by atoms with E-state index in [1.165, 1.54) is 0 Å². The highest BCUT2D eigenvalue weighted by Crippen LogP contribution is 1.97. The largest absolute Gasteiger partial charge is 0.386 e. The maximum Gasteiger partial charge on any atom is 0.104 e. The molecule has 0 fully saturated rings. The van der Waals surface area contributed by atoms with E-state index >= 15 is 0 Å². The van der Waals surface area contributed by atoms with E-state index in [0.29, 0.717) is 5.71 Å². The highest BCUT2D eigenvalue weighted by atomic mass is 16.3. The van der Waals surface area contributed by atoms with Gasteiger partial charge in [0.15, 0.2) is 0 Å². The smallest absolute Gasteiger partial charge is 0.104 e. The van der Waals surface area contributed by atoms with Gasteiger partial charge in [0, 0.05) is 12.3 Å². The molecule has 0 bridgehead atoms. The van der Waals surface area contributed by atoms with E-state index in [0.717, 1.165) is 0 Å². The minimum Gasteiger partial charge on any atom is -0.386 e. The number of hydrogen-bond donors (Lipinski definition) is 3. The van der Waals surface area contributed by atoms with E-state index in [-0.39, 0.29) is 12.5 Å². The van der Waals surface area contributed by atoms with Crippen molar-refractivity contribution in [2.24, 2.45) is 11.7 Å². The Bertz CT molecular complexity index is 101. The van der Waals surface area contributed by atoms with Crippen molar-refractivity contribution in [1.29, 1.82) is 5.41 Å². The first kappa shape index (κ1) is 8.59. The van der Waals surface area contributed by atoms with Gasteiger partial charge in [0.25, 0.3) is 0 Å². The summed E-state index contributed by atoms with van der Waals surface area (Å²) in [6.07, 6.45) is -0.745. The van der Waals surface area contributed by atoms with E-state index in [1.807, 2.05) is 13.8 Å². The molecule has 0 spiro atoms. The van der Waals surface area contributed by atoms with Crippen LogP contribution in [0.1, 0.15) is 13.8 Å². The monoisotopic (exact) mass is 130 g/mol. The van der Waals surface area contributed by atoms with E-state index in [2.05, 4.69) is 0 Å². The molecule has 3 heteroatoms. The lowest BCUT2D eigenvalue weighted by molar-refractivity contribution is 0.243. The van der Waals surface area contributed by atoms with Gasteiger partial charge in [-0.1, -0.05) is 13.8 Å². The second-order valence-corrected chi connectivity index (χ2v) is 2.36. The average molecular weight is 130 g/mol. The number of aliphatic hydroxyl groups is 1. The van der Waals surface area contributed by atoms with Crippen LogP contribution in [-0.2, 0) is 0 Å². The van der Waals surface area contributed by atoms with Crippen LogP contribution in [0.4, 0.5) is 0 Å². The topological polar surface area (TPSA) is 70.1 Å². The molecule has 0 aromatic rings. The van der Waals surface area contributed by atoms with Crippen LogP contribution >= 0.6 is 0 Å². The Morgan fingerprint density at radius 1 is 1.67 bits per heavy atom. The fraction of sp³-hybridized carbons (Fsp3) is 0.833. The second kappa shape index (κ2) is 3.58. The number of nitrogens with one attached hydrogen (secondary N) is 1. The van der Waals surface area contributed by atoms with Crippen LogP contribution in [0, 0.1) is 11.3 Å². The molecule has 0 saturated heterocycles. The minimum absolute atomic E-state index is 0.101. The zero-order valence-electron chi connectivity index (χ0n) is 5.89. The van der Waals surface area contributed by atoms with Gasteiger partial charge < -0.3 is 16.2 Å². The van der Waals surface area contributed by atoms with Gasteiger partial charge >= 0.3 is 0 Å². The van der Waals surface area contributed by atoms with E-state index in [1.54, 1.807) is 0 Å². The SMILES string of the molecule is CC(C)C(=N)C(O)CN. The van der Waals surface area contributed by atoms with Gasteiger partial charge in [-0.25, -0.2) is 0 Å². The third-order valence-corrected chi connectivity index (χ3v) is 1.20. The summed E-state index contributed by atoms with van der Waals surface area (Å²) in [5, 5.41) is 16.2. The highest BCUT2D eigenvalue weighted by Gasteiger charge is 2.11. The van der Waals surface area contributed by atoms with Crippen LogP contribution in [0.2, 0.25) is 0 Å². The van der Waals surface area contributed by atoms with Gasteiger partial charge in [0.05, 0.1) is 0 Å². The Morgan fingerprint density at radius 2 is 2.11 bits per heavy atom. The normalized spacial score (nSPS) is 13.9. The summed E-state index contributed by atoms with van der Waals surface area (Å²) in [5.41, 5.74) is 5.44. The predicted octanol–water partition coefficient (Wildman–Crippen LogP) is -0.0182. The summed E-state index contributed by atoms with van der Waals surface area (Å²) in [4.78, 5) is 0. The summed E-state index contributed by atoms with van der Waals surface area (Å²) in [5.74, 6) is 0.101. The molecule has 1 atom stereocenters. The summed E-state index contributed by atoms with van der Waals surface area (Å²) >= 11 is 0. The Hall–Kier alpha value is -0.410. The lowest BCUT2D eigenvalue weighted by Crippen LogP contribution is -2.31. The second-order valence-electron chi connectivity index (χ2n) is 2.36. The van der Waals surface area contributed by atoms with Crippen molar-refractivity contribution in [1.82, 2.24) is 0 Å². The molecule has 0 radical (unpaired) electrons. The molecule has 0 aliphatic rings. The van der Waals surface area contributed by atoms with Gasteiger partial charge in [0.2, 0.25) is 0 Å². The third kappa shape index (κ3) is 2.58. The minimum atomic E-state index is -0.745. The first-order chi connectivity index (χ1) is 4.09. The van der Waals surface area contributed by atoms with Crippen LogP contribution in [-0.4, -0.2) is 23.5 Å². The highest BCUT2D eigenvalue weighted by molar-refractivity contribution is 5.87. The van der Waals surface area contributed by atoms with E-state index in [9.17, 15) is 0 Å². The molecule has 3 nitrogen and oxygen atoms in total. The Balaban J connectivity index is 3.73. The first-order valence-electron chi connectivity index (χ1n) is 3.06. The molecule has 0 aliphatic heterocycles. The maximum atomic E-state index is 8.95. The Labute approximate surface area is 55.4 Å². The summed E-state index contributed by atoms with van der Waals surface area (Å²) in [7, 11) is 0. The molecule has 9 heavy (non-hydrogen) atoms. The first-order valence-corrected chi connectivity index (χ1v) is 3.06. The third-order valence-electron chi connectivity index (χ3n) is 1.20. The summed E-state index contributed by atoms with van der Waals surface area (Å²) < 4.78 is 0. The fourth-order valence-electron chi connectivity index (χ4n) is 0.512. The van der Waals surface area contributed by atoms with E-state index < -0.39 is 6.10 Å². The molecule has 54 valence electrons. The lowest BCUT2D eigenvalue weighted by atomic mass is 10.0. The van der Waals surface area contributed by atoms with Gasteiger partial charge in [-0.05, 0) is 5.92 Å².